The summed E-state index contributed by atoms with van der Waals surface area (Å²) in [6.45, 7) is 0.510. The molecule has 0 radical (unpaired) electrons. The monoisotopic (exact) mass is 342 g/mol. The van der Waals surface area contributed by atoms with Gasteiger partial charge in [0.1, 0.15) is 6.04 Å². The van der Waals surface area contributed by atoms with E-state index in [0.717, 1.165) is 18.9 Å². The van der Waals surface area contributed by atoms with Crippen LogP contribution >= 0.6 is 0 Å². The van der Waals surface area contributed by atoms with Gasteiger partial charge in [0, 0.05) is 6.54 Å². The van der Waals surface area contributed by atoms with E-state index in [2.05, 4.69) is 10.6 Å². The minimum atomic E-state index is -2.85. The first-order valence-electron chi connectivity index (χ1n) is 8.11. The van der Waals surface area contributed by atoms with E-state index in [4.69, 9.17) is 4.74 Å². The SMILES string of the molecule is COc1ccc([C@H](NC(=O)NCC2(C3CC3)CC2)C(F)F)cc1F. The molecule has 4 nitrogen and oxygen atoms in total. The number of methoxy groups -OCH3 is 1. The van der Waals surface area contributed by atoms with Crippen LogP contribution in [0.2, 0.25) is 0 Å². The van der Waals surface area contributed by atoms with E-state index in [1.165, 1.54) is 32.1 Å². The smallest absolute Gasteiger partial charge is 0.315 e. The Hall–Kier alpha value is -1.92. The van der Waals surface area contributed by atoms with E-state index < -0.39 is 24.3 Å². The molecule has 1 aromatic rings. The maximum atomic E-state index is 13.7. The maximum absolute atomic E-state index is 13.7. The van der Waals surface area contributed by atoms with Crippen LogP contribution in [0.4, 0.5) is 18.0 Å². The number of hydrogen-bond donors (Lipinski definition) is 2. The Morgan fingerprint density at radius 1 is 1.38 bits per heavy atom. The molecule has 0 aliphatic heterocycles. The van der Waals surface area contributed by atoms with Crippen molar-refractivity contribution in [3.8, 4) is 5.75 Å². The summed E-state index contributed by atoms with van der Waals surface area (Å²) in [4.78, 5) is 12.0. The predicted molar refractivity (Wildman–Crippen MR) is 82.6 cm³/mol. The second kappa shape index (κ2) is 6.53. The summed E-state index contributed by atoms with van der Waals surface area (Å²) in [5.74, 6) is -0.107. The van der Waals surface area contributed by atoms with Crippen molar-refractivity contribution >= 4 is 6.03 Å². The van der Waals surface area contributed by atoms with Crippen molar-refractivity contribution in [2.45, 2.75) is 38.2 Å². The molecule has 2 saturated carbocycles. The fourth-order valence-corrected chi connectivity index (χ4v) is 3.20. The lowest BCUT2D eigenvalue weighted by atomic mass is 10.0. The van der Waals surface area contributed by atoms with E-state index in [-0.39, 0.29) is 16.7 Å². The number of amides is 2. The number of benzene rings is 1. The van der Waals surface area contributed by atoms with E-state index >= 15 is 0 Å². The number of halogens is 3. The molecule has 3 rings (SSSR count). The summed E-state index contributed by atoms with van der Waals surface area (Å²) in [6.07, 6.45) is 1.70. The van der Waals surface area contributed by atoms with Crippen LogP contribution in [0.1, 0.15) is 37.3 Å². The Bertz CT molecular complexity index is 616. The number of nitrogens with one attached hydrogen (secondary N) is 2. The molecule has 0 spiro atoms. The Labute approximate surface area is 138 Å². The molecule has 0 unspecified atom stereocenters. The van der Waals surface area contributed by atoms with Gasteiger partial charge in [-0.1, -0.05) is 6.07 Å². The highest BCUT2D eigenvalue weighted by Crippen LogP contribution is 2.60. The zero-order valence-corrected chi connectivity index (χ0v) is 13.5. The Morgan fingerprint density at radius 2 is 2.08 bits per heavy atom. The maximum Gasteiger partial charge on any atom is 0.315 e. The summed E-state index contributed by atoms with van der Waals surface area (Å²) in [6, 6.07) is 1.34. The van der Waals surface area contributed by atoms with Crippen LogP contribution in [0.15, 0.2) is 18.2 Å². The number of carbonyl (C=O) groups excluding carboxylic acids is 1. The minimum Gasteiger partial charge on any atom is -0.494 e. The zero-order valence-electron chi connectivity index (χ0n) is 13.5. The molecular formula is C17H21F3N2O2. The van der Waals surface area contributed by atoms with Crippen molar-refractivity contribution in [2.75, 3.05) is 13.7 Å². The van der Waals surface area contributed by atoms with Crippen LogP contribution in [0.3, 0.4) is 0 Å². The lowest BCUT2D eigenvalue weighted by molar-refractivity contribution is 0.101. The quantitative estimate of drug-likeness (QED) is 0.795. The van der Waals surface area contributed by atoms with Gasteiger partial charge in [-0.05, 0) is 54.7 Å². The third-order valence-corrected chi connectivity index (χ3v) is 5.01. The van der Waals surface area contributed by atoms with E-state index in [0.29, 0.717) is 12.5 Å². The average molecular weight is 342 g/mol. The molecule has 2 amide bonds. The van der Waals surface area contributed by atoms with Crippen LogP contribution in [0, 0.1) is 17.2 Å². The molecule has 132 valence electrons. The lowest BCUT2D eigenvalue weighted by Gasteiger charge is -2.21. The molecule has 2 fully saturated rings. The van der Waals surface area contributed by atoms with Gasteiger partial charge >= 0.3 is 6.03 Å². The summed E-state index contributed by atoms with van der Waals surface area (Å²) < 4.78 is 45.1. The fourth-order valence-electron chi connectivity index (χ4n) is 3.20. The van der Waals surface area contributed by atoms with Crippen LogP contribution in [-0.4, -0.2) is 26.1 Å². The highest BCUT2D eigenvalue weighted by Gasteiger charge is 2.53. The van der Waals surface area contributed by atoms with Crippen molar-refractivity contribution < 1.29 is 22.7 Å². The lowest BCUT2D eigenvalue weighted by Crippen LogP contribution is -2.42. The van der Waals surface area contributed by atoms with Gasteiger partial charge in [0.2, 0.25) is 0 Å². The molecule has 2 aliphatic rings. The summed E-state index contributed by atoms with van der Waals surface area (Å²) in [7, 11) is 1.29. The van der Waals surface area contributed by atoms with Crippen LogP contribution in [-0.2, 0) is 0 Å². The molecular weight excluding hydrogens is 321 g/mol. The van der Waals surface area contributed by atoms with Crippen molar-refractivity contribution in [3.05, 3.63) is 29.6 Å². The Balaban J connectivity index is 1.61. The van der Waals surface area contributed by atoms with Gasteiger partial charge in [-0.15, -0.1) is 0 Å². The molecule has 0 aromatic heterocycles. The molecule has 0 bridgehead atoms. The summed E-state index contributed by atoms with van der Waals surface area (Å²) in [5, 5.41) is 4.95. The van der Waals surface area contributed by atoms with Crippen molar-refractivity contribution in [3.63, 3.8) is 0 Å². The number of ether oxygens (including phenoxy) is 1. The number of hydrogen-bond acceptors (Lipinski definition) is 2. The zero-order chi connectivity index (χ0) is 17.3. The molecule has 2 aliphatic carbocycles. The standard InChI is InChI=1S/C17H21F3N2O2/c1-24-13-5-2-10(8-12(13)18)14(15(19)20)22-16(23)21-9-17(6-7-17)11-3-4-11/h2,5,8,11,14-15H,3-4,6-7,9H2,1H3,(H2,21,22,23)/t14-/m0/s1. The van der Waals surface area contributed by atoms with Gasteiger partial charge in [0.15, 0.2) is 11.6 Å². The van der Waals surface area contributed by atoms with Crippen molar-refractivity contribution in [2.24, 2.45) is 11.3 Å². The number of alkyl halides is 2. The van der Waals surface area contributed by atoms with Gasteiger partial charge in [0.25, 0.3) is 6.43 Å². The van der Waals surface area contributed by atoms with E-state index in [1.807, 2.05) is 0 Å². The molecule has 0 heterocycles. The second-order valence-corrected chi connectivity index (χ2v) is 6.67. The van der Waals surface area contributed by atoms with Crippen molar-refractivity contribution in [1.29, 1.82) is 0 Å². The molecule has 0 saturated heterocycles. The highest BCUT2D eigenvalue weighted by molar-refractivity contribution is 5.74. The first-order valence-corrected chi connectivity index (χ1v) is 8.11. The highest BCUT2D eigenvalue weighted by atomic mass is 19.3. The van der Waals surface area contributed by atoms with Gasteiger partial charge in [-0.25, -0.2) is 18.0 Å². The molecule has 7 heteroatoms. The van der Waals surface area contributed by atoms with E-state index in [9.17, 15) is 18.0 Å². The third-order valence-electron chi connectivity index (χ3n) is 5.01. The second-order valence-electron chi connectivity index (χ2n) is 6.67. The number of rotatable bonds is 7. The predicted octanol–water partition coefficient (Wildman–Crippen LogP) is 3.63. The topological polar surface area (TPSA) is 50.4 Å². The van der Waals surface area contributed by atoms with Gasteiger partial charge < -0.3 is 15.4 Å². The fraction of sp³-hybridized carbons (Fsp3) is 0.588. The van der Waals surface area contributed by atoms with Crippen molar-refractivity contribution in [1.82, 2.24) is 10.6 Å². The number of urea groups is 1. The van der Waals surface area contributed by atoms with Gasteiger partial charge in [-0.2, -0.15) is 0 Å². The van der Waals surface area contributed by atoms with E-state index in [1.54, 1.807) is 0 Å². The van der Waals surface area contributed by atoms with Crippen LogP contribution < -0.4 is 15.4 Å². The molecule has 2 N–H and O–H groups in total. The first kappa shape index (κ1) is 16.9. The minimum absolute atomic E-state index is 0.00165. The van der Waals surface area contributed by atoms with Gasteiger partial charge in [-0.3, -0.25) is 0 Å². The molecule has 24 heavy (non-hydrogen) atoms. The third kappa shape index (κ3) is 3.60. The first-order chi connectivity index (χ1) is 11.4. The summed E-state index contributed by atoms with van der Waals surface area (Å²) >= 11 is 0. The molecule has 1 atom stereocenters. The van der Waals surface area contributed by atoms with Gasteiger partial charge in [0.05, 0.1) is 7.11 Å². The summed E-state index contributed by atoms with van der Waals surface area (Å²) in [5.41, 5.74) is 0.186. The van der Waals surface area contributed by atoms with Crippen LogP contribution in [0.25, 0.3) is 0 Å². The molecule has 1 aromatic carbocycles. The Morgan fingerprint density at radius 3 is 2.58 bits per heavy atom. The Kier molecular flexibility index (Phi) is 4.60. The average Bonchev–Trinajstić information content (AvgIpc) is 3.43. The van der Waals surface area contributed by atoms with Crippen LogP contribution in [0.5, 0.6) is 5.75 Å². The number of carbonyl (C=O) groups is 1. The largest absolute Gasteiger partial charge is 0.494 e. The normalized spacial score (nSPS) is 19.7.